The van der Waals surface area contributed by atoms with Crippen molar-refractivity contribution in [2.75, 3.05) is 13.2 Å². The van der Waals surface area contributed by atoms with E-state index in [9.17, 15) is 0 Å². The van der Waals surface area contributed by atoms with Crippen LogP contribution in [0.15, 0.2) is 0 Å². The molecule has 0 fully saturated rings. The Hall–Kier alpha value is -0.0800. The molecule has 0 radical (unpaired) electrons. The van der Waals surface area contributed by atoms with Crippen LogP contribution in [0.5, 0.6) is 0 Å². The molecular formula is C18H38O2. The third kappa shape index (κ3) is 9.77. The van der Waals surface area contributed by atoms with Crippen LogP contribution in [0.25, 0.3) is 0 Å². The molecule has 122 valence electrons. The van der Waals surface area contributed by atoms with E-state index in [1.54, 1.807) is 0 Å². The Bertz CT molecular complexity index is 202. The number of unbranched alkanes of at least 4 members (excludes halogenated alkanes) is 5. The minimum absolute atomic E-state index is 0.158. The van der Waals surface area contributed by atoms with E-state index in [4.69, 9.17) is 9.47 Å². The molecule has 0 N–H and O–H groups in total. The Morgan fingerprint density at radius 1 is 0.750 bits per heavy atom. The average molecular weight is 286 g/mol. The SMILES string of the molecule is CCCCCCCCC(OCCC)C(C)(C)OCCC. The molecule has 1 atom stereocenters. The second-order valence-electron chi connectivity index (χ2n) is 6.37. The Balaban J connectivity index is 4.06. The lowest BCUT2D eigenvalue weighted by molar-refractivity contribution is -0.130. The van der Waals surface area contributed by atoms with Gasteiger partial charge in [-0.15, -0.1) is 0 Å². The van der Waals surface area contributed by atoms with Crippen molar-refractivity contribution in [1.29, 1.82) is 0 Å². The van der Waals surface area contributed by atoms with Gasteiger partial charge < -0.3 is 9.47 Å². The largest absolute Gasteiger partial charge is 0.375 e. The van der Waals surface area contributed by atoms with Gasteiger partial charge in [0.1, 0.15) is 0 Å². The average Bonchev–Trinajstić information content (AvgIpc) is 2.43. The molecule has 0 aromatic carbocycles. The Morgan fingerprint density at radius 2 is 1.35 bits per heavy atom. The van der Waals surface area contributed by atoms with Crippen LogP contribution in [0, 0.1) is 0 Å². The van der Waals surface area contributed by atoms with Crippen molar-refractivity contribution < 1.29 is 9.47 Å². The molecule has 2 heteroatoms. The summed E-state index contributed by atoms with van der Waals surface area (Å²) in [5.41, 5.74) is -0.158. The predicted octanol–water partition coefficient (Wildman–Crippen LogP) is 5.74. The van der Waals surface area contributed by atoms with Gasteiger partial charge in [0.05, 0.1) is 11.7 Å². The first kappa shape index (κ1) is 19.9. The molecule has 0 aliphatic carbocycles. The lowest BCUT2D eigenvalue weighted by Gasteiger charge is -2.34. The molecule has 0 aliphatic heterocycles. The third-order valence-corrected chi connectivity index (χ3v) is 3.80. The van der Waals surface area contributed by atoms with Gasteiger partial charge in [0.15, 0.2) is 0 Å². The fourth-order valence-electron chi connectivity index (χ4n) is 2.46. The van der Waals surface area contributed by atoms with Crippen molar-refractivity contribution in [1.82, 2.24) is 0 Å². The monoisotopic (exact) mass is 286 g/mol. The molecule has 0 saturated carbocycles. The molecule has 0 saturated heterocycles. The molecule has 20 heavy (non-hydrogen) atoms. The maximum absolute atomic E-state index is 6.06. The maximum atomic E-state index is 6.06. The van der Waals surface area contributed by atoms with Crippen LogP contribution in [0.4, 0.5) is 0 Å². The quantitative estimate of drug-likeness (QED) is 0.379. The minimum atomic E-state index is -0.158. The highest BCUT2D eigenvalue weighted by Crippen LogP contribution is 2.24. The lowest BCUT2D eigenvalue weighted by atomic mass is 9.95. The topological polar surface area (TPSA) is 18.5 Å². The van der Waals surface area contributed by atoms with E-state index in [-0.39, 0.29) is 11.7 Å². The number of hydrogen-bond acceptors (Lipinski definition) is 2. The van der Waals surface area contributed by atoms with Crippen LogP contribution in [0.3, 0.4) is 0 Å². The van der Waals surface area contributed by atoms with Crippen LogP contribution in [-0.4, -0.2) is 24.9 Å². The smallest absolute Gasteiger partial charge is 0.0886 e. The molecule has 1 unspecified atom stereocenters. The second-order valence-corrected chi connectivity index (χ2v) is 6.37. The van der Waals surface area contributed by atoms with E-state index in [2.05, 4.69) is 34.6 Å². The summed E-state index contributed by atoms with van der Waals surface area (Å²) >= 11 is 0. The van der Waals surface area contributed by atoms with E-state index < -0.39 is 0 Å². The zero-order valence-electron chi connectivity index (χ0n) is 14.7. The van der Waals surface area contributed by atoms with Crippen molar-refractivity contribution in [3.63, 3.8) is 0 Å². The Labute approximate surface area is 127 Å². The van der Waals surface area contributed by atoms with Crippen molar-refractivity contribution in [3.05, 3.63) is 0 Å². The van der Waals surface area contributed by atoms with Crippen molar-refractivity contribution in [2.24, 2.45) is 0 Å². The maximum Gasteiger partial charge on any atom is 0.0886 e. The number of hydrogen-bond donors (Lipinski definition) is 0. The van der Waals surface area contributed by atoms with Gasteiger partial charge in [-0.2, -0.15) is 0 Å². The molecule has 0 aromatic heterocycles. The lowest BCUT2D eigenvalue weighted by Crippen LogP contribution is -2.41. The Morgan fingerprint density at radius 3 is 1.95 bits per heavy atom. The van der Waals surface area contributed by atoms with Crippen LogP contribution in [-0.2, 0) is 9.47 Å². The van der Waals surface area contributed by atoms with E-state index in [0.29, 0.717) is 0 Å². The predicted molar refractivity (Wildman–Crippen MR) is 88.3 cm³/mol. The fraction of sp³-hybridized carbons (Fsp3) is 1.00. The number of ether oxygens (including phenoxy) is 2. The zero-order chi connectivity index (χ0) is 15.3. The van der Waals surface area contributed by atoms with Gasteiger partial charge in [0.25, 0.3) is 0 Å². The first-order valence-corrected chi connectivity index (χ1v) is 8.84. The van der Waals surface area contributed by atoms with E-state index >= 15 is 0 Å². The van der Waals surface area contributed by atoms with Gasteiger partial charge in [-0.3, -0.25) is 0 Å². The van der Waals surface area contributed by atoms with Crippen molar-refractivity contribution in [2.45, 2.75) is 104 Å². The standard InChI is InChI=1S/C18H38O2/c1-6-9-10-11-12-13-14-17(19-15-7-2)18(4,5)20-16-8-3/h17H,6-16H2,1-5H3. The summed E-state index contributed by atoms with van der Waals surface area (Å²) in [6, 6.07) is 0. The van der Waals surface area contributed by atoms with Gasteiger partial charge in [-0.25, -0.2) is 0 Å². The van der Waals surface area contributed by atoms with E-state index in [0.717, 1.165) is 32.5 Å². The Kier molecular flexibility index (Phi) is 12.6. The van der Waals surface area contributed by atoms with Crippen molar-refractivity contribution in [3.8, 4) is 0 Å². The molecule has 2 nitrogen and oxygen atoms in total. The molecule has 0 aromatic rings. The van der Waals surface area contributed by atoms with Crippen LogP contribution >= 0.6 is 0 Å². The molecular weight excluding hydrogens is 248 g/mol. The molecule has 0 bridgehead atoms. The first-order valence-electron chi connectivity index (χ1n) is 8.84. The summed E-state index contributed by atoms with van der Waals surface area (Å²) in [4.78, 5) is 0. The third-order valence-electron chi connectivity index (χ3n) is 3.80. The zero-order valence-corrected chi connectivity index (χ0v) is 14.7. The van der Waals surface area contributed by atoms with Gasteiger partial charge in [0.2, 0.25) is 0 Å². The van der Waals surface area contributed by atoms with E-state index in [1.165, 1.54) is 38.5 Å². The summed E-state index contributed by atoms with van der Waals surface area (Å²) in [5.74, 6) is 0. The highest BCUT2D eigenvalue weighted by Gasteiger charge is 2.30. The highest BCUT2D eigenvalue weighted by molar-refractivity contribution is 4.80. The van der Waals surface area contributed by atoms with Gasteiger partial charge in [-0.1, -0.05) is 59.3 Å². The molecule has 0 rings (SSSR count). The van der Waals surface area contributed by atoms with Gasteiger partial charge in [-0.05, 0) is 33.1 Å². The summed E-state index contributed by atoms with van der Waals surface area (Å²) in [6.07, 6.45) is 11.5. The minimum Gasteiger partial charge on any atom is -0.375 e. The summed E-state index contributed by atoms with van der Waals surface area (Å²) < 4.78 is 12.1. The fourth-order valence-corrected chi connectivity index (χ4v) is 2.46. The molecule has 0 aliphatic rings. The highest BCUT2D eigenvalue weighted by atomic mass is 16.5. The molecule has 0 heterocycles. The van der Waals surface area contributed by atoms with E-state index in [1.807, 2.05) is 0 Å². The first-order chi connectivity index (χ1) is 9.58. The number of rotatable bonds is 14. The molecule has 0 spiro atoms. The summed E-state index contributed by atoms with van der Waals surface area (Å²) in [7, 11) is 0. The molecule has 0 amide bonds. The van der Waals surface area contributed by atoms with Crippen molar-refractivity contribution >= 4 is 0 Å². The summed E-state index contributed by atoms with van der Waals surface area (Å²) in [5, 5.41) is 0. The van der Waals surface area contributed by atoms with Crippen LogP contribution < -0.4 is 0 Å². The van der Waals surface area contributed by atoms with Gasteiger partial charge >= 0.3 is 0 Å². The second kappa shape index (κ2) is 12.6. The van der Waals surface area contributed by atoms with Crippen LogP contribution in [0.1, 0.15) is 92.4 Å². The van der Waals surface area contributed by atoms with Gasteiger partial charge in [0, 0.05) is 13.2 Å². The van der Waals surface area contributed by atoms with Crippen LogP contribution in [0.2, 0.25) is 0 Å². The normalized spacial score (nSPS) is 13.7. The summed E-state index contributed by atoms with van der Waals surface area (Å²) in [6.45, 7) is 12.6.